The maximum Gasteiger partial charge on any atom is 0.271 e. The van der Waals surface area contributed by atoms with Crippen LogP contribution in [-0.2, 0) is 16.2 Å². The number of nitro groups is 1. The van der Waals surface area contributed by atoms with Gasteiger partial charge >= 0.3 is 0 Å². The maximum absolute atomic E-state index is 13.5. The van der Waals surface area contributed by atoms with Crippen LogP contribution in [0.3, 0.4) is 0 Å². The number of benzene rings is 1. The van der Waals surface area contributed by atoms with Gasteiger partial charge < -0.3 is 19.7 Å². The van der Waals surface area contributed by atoms with Gasteiger partial charge in [-0.05, 0) is 63.0 Å². The van der Waals surface area contributed by atoms with E-state index in [0.717, 1.165) is 16.0 Å². The standard InChI is InChI=1S/C27H30N2O8/c1-15(10-19-7-8-20(13-30)37-19)6-9-23(32)24-16(2)11-21-25(22(24)14-31)27(34)28(26(21)33)17-4-3-5-18(12-17)29(35)36/h3-5,7-8,10,12,21-23,25,30-32H,6,9,11,13-14H2,1-2H3/b15-10+/t21-,22+,23-,25-/m1/s1. The number of aliphatic hydroxyl groups is 3. The number of furan rings is 1. The van der Waals surface area contributed by atoms with Crippen molar-refractivity contribution in [2.45, 2.75) is 45.8 Å². The zero-order valence-corrected chi connectivity index (χ0v) is 20.7. The third-order valence-electron chi connectivity index (χ3n) is 7.22. The van der Waals surface area contributed by atoms with E-state index in [9.17, 15) is 29.9 Å². The molecule has 2 aliphatic rings. The van der Waals surface area contributed by atoms with Crippen molar-refractivity contribution in [3.63, 3.8) is 0 Å². The molecule has 2 aromatic rings. The zero-order valence-electron chi connectivity index (χ0n) is 20.7. The average Bonchev–Trinajstić information content (AvgIpc) is 3.43. The molecule has 10 nitrogen and oxygen atoms in total. The molecule has 1 aromatic heterocycles. The number of rotatable bonds is 9. The summed E-state index contributed by atoms with van der Waals surface area (Å²) in [5, 5.41) is 41.8. The number of anilines is 1. The second-order valence-electron chi connectivity index (χ2n) is 9.66. The first kappa shape index (κ1) is 26.5. The SMILES string of the molecule is CC1=C([C@H](O)CC/C(C)=C/c2ccc(CO)o2)[C@H](CO)[C@@H]2C(=O)N(c3cccc([N+](=O)[O-])c3)C(=O)[C@@H]2C1. The van der Waals surface area contributed by atoms with E-state index in [1.165, 1.54) is 24.3 Å². The van der Waals surface area contributed by atoms with E-state index in [4.69, 9.17) is 9.52 Å². The summed E-state index contributed by atoms with van der Waals surface area (Å²) in [6, 6.07) is 8.80. The van der Waals surface area contributed by atoms with Crippen LogP contribution < -0.4 is 4.90 Å². The average molecular weight is 511 g/mol. The van der Waals surface area contributed by atoms with Gasteiger partial charge in [0.15, 0.2) is 0 Å². The lowest BCUT2D eigenvalue weighted by Crippen LogP contribution is -2.38. The summed E-state index contributed by atoms with van der Waals surface area (Å²) in [6.07, 6.45) is 2.01. The molecule has 0 spiro atoms. The topological polar surface area (TPSA) is 154 Å². The van der Waals surface area contributed by atoms with Crippen molar-refractivity contribution >= 4 is 29.3 Å². The molecule has 1 aliphatic heterocycles. The summed E-state index contributed by atoms with van der Waals surface area (Å²) in [7, 11) is 0. The van der Waals surface area contributed by atoms with Crippen LogP contribution in [0.25, 0.3) is 6.08 Å². The number of carbonyl (C=O) groups excluding carboxylic acids is 2. The molecule has 10 heteroatoms. The van der Waals surface area contributed by atoms with Crippen molar-refractivity contribution < 1.29 is 34.2 Å². The lowest BCUT2D eigenvalue weighted by molar-refractivity contribution is -0.384. The maximum atomic E-state index is 13.5. The molecule has 3 N–H and O–H groups in total. The highest BCUT2D eigenvalue weighted by Gasteiger charge is 2.55. The summed E-state index contributed by atoms with van der Waals surface area (Å²) in [6.45, 7) is 3.08. The molecular formula is C27H30N2O8. The van der Waals surface area contributed by atoms with Crippen molar-refractivity contribution in [3.8, 4) is 0 Å². The van der Waals surface area contributed by atoms with E-state index < -0.39 is 47.2 Å². The van der Waals surface area contributed by atoms with Crippen molar-refractivity contribution in [3.05, 3.63) is 74.8 Å². The Kier molecular flexibility index (Phi) is 7.72. The number of hydrogen-bond acceptors (Lipinski definition) is 8. The molecule has 0 saturated carbocycles. The Morgan fingerprint density at radius 2 is 2.00 bits per heavy atom. The third-order valence-corrected chi connectivity index (χ3v) is 7.22. The van der Waals surface area contributed by atoms with E-state index >= 15 is 0 Å². The molecule has 37 heavy (non-hydrogen) atoms. The second kappa shape index (κ2) is 10.8. The number of nitrogens with zero attached hydrogens (tertiary/aromatic N) is 2. The van der Waals surface area contributed by atoms with E-state index in [1.54, 1.807) is 19.1 Å². The largest absolute Gasteiger partial charge is 0.459 e. The van der Waals surface area contributed by atoms with Crippen molar-refractivity contribution in [2.24, 2.45) is 17.8 Å². The number of carbonyl (C=O) groups is 2. The first-order valence-electron chi connectivity index (χ1n) is 12.1. The van der Waals surface area contributed by atoms with E-state index in [1.807, 2.05) is 13.0 Å². The number of imide groups is 1. The smallest absolute Gasteiger partial charge is 0.271 e. The molecule has 1 aliphatic carbocycles. The van der Waals surface area contributed by atoms with Crippen LogP contribution in [-0.4, -0.2) is 44.8 Å². The van der Waals surface area contributed by atoms with Crippen LogP contribution >= 0.6 is 0 Å². The minimum absolute atomic E-state index is 0.123. The molecule has 0 bridgehead atoms. The van der Waals surface area contributed by atoms with Gasteiger partial charge in [0, 0.05) is 18.1 Å². The quantitative estimate of drug-likeness (QED) is 0.201. The number of allylic oxidation sites excluding steroid dienone is 2. The van der Waals surface area contributed by atoms with Gasteiger partial charge in [-0.2, -0.15) is 0 Å². The number of nitro benzene ring substituents is 1. The van der Waals surface area contributed by atoms with Crippen LogP contribution in [0.5, 0.6) is 0 Å². The number of hydrogen-bond donors (Lipinski definition) is 3. The number of fused-ring (bicyclic) bond motifs is 1. The summed E-state index contributed by atoms with van der Waals surface area (Å²) >= 11 is 0. The van der Waals surface area contributed by atoms with Crippen LogP contribution in [0.4, 0.5) is 11.4 Å². The monoisotopic (exact) mass is 510 g/mol. The molecule has 1 aromatic carbocycles. The van der Waals surface area contributed by atoms with Gasteiger partial charge in [0.2, 0.25) is 11.8 Å². The summed E-state index contributed by atoms with van der Waals surface area (Å²) in [5.41, 5.74) is 2.16. The Balaban J connectivity index is 1.53. The highest BCUT2D eigenvalue weighted by atomic mass is 16.6. The van der Waals surface area contributed by atoms with Crippen molar-refractivity contribution in [2.75, 3.05) is 11.5 Å². The molecule has 2 heterocycles. The second-order valence-corrected chi connectivity index (χ2v) is 9.66. The fourth-order valence-corrected chi connectivity index (χ4v) is 5.51. The fourth-order valence-electron chi connectivity index (χ4n) is 5.51. The molecule has 1 saturated heterocycles. The van der Waals surface area contributed by atoms with Gasteiger partial charge in [-0.3, -0.25) is 19.7 Å². The molecule has 0 radical (unpaired) electrons. The van der Waals surface area contributed by atoms with Gasteiger partial charge in [0.1, 0.15) is 18.1 Å². The Morgan fingerprint density at radius 3 is 2.65 bits per heavy atom. The molecular weight excluding hydrogens is 480 g/mol. The minimum Gasteiger partial charge on any atom is -0.459 e. The highest BCUT2D eigenvalue weighted by Crippen LogP contribution is 2.47. The number of non-ortho nitro benzene ring substituents is 1. The van der Waals surface area contributed by atoms with Crippen LogP contribution in [0.1, 0.15) is 44.6 Å². The summed E-state index contributed by atoms with van der Waals surface area (Å²) in [5.74, 6) is -2.24. The fraction of sp³-hybridized carbons (Fsp3) is 0.407. The van der Waals surface area contributed by atoms with Gasteiger partial charge in [-0.15, -0.1) is 0 Å². The Morgan fingerprint density at radius 1 is 1.24 bits per heavy atom. The molecule has 196 valence electrons. The van der Waals surface area contributed by atoms with Gasteiger partial charge in [-0.25, -0.2) is 4.90 Å². The van der Waals surface area contributed by atoms with E-state index in [0.29, 0.717) is 29.9 Å². The molecule has 4 atom stereocenters. The van der Waals surface area contributed by atoms with E-state index in [-0.39, 0.29) is 24.4 Å². The number of amides is 2. The first-order valence-corrected chi connectivity index (χ1v) is 12.1. The van der Waals surface area contributed by atoms with Crippen molar-refractivity contribution in [1.29, 1.82) is 0 Å². The Hall–Kier alpha value is -3.60. The third kappa shape index (κ3) is 5.13. The normalized spacial score (nSPS) is 23.0. The van der Waals surface area contributed by atoms with Crippen molar-refractivity contribution in [1.82, 2.24) is 0 Å². The zero-order chi connectivity index (χ0) is 26.9. The van der Waals surface area contributed by atoms with Crippen LogP contribution in [0.15, 0.2) is 57.5 Å². The van der Waals surface area contributed by atoms with Crippen LogP contribution in [0, 0.1) is 27.9 Å². The first-order chi connectivity index (χ1) is 17.7. The van der Waals surface area contributed by atoms with E-state index in [2.05, 4.69) is 0 Å². The molecule has 0 unspecified atom stereocenters. The lowest BCUT2D eigenvalue weighted by atomic mass is 9.68. The Bertz CT molecular complexity index is 1280. The molecule has 4 rings (SSSR count). The minimum atomic E-state index is -0.930. The predicted octanol–water partition coefficient (Wildman–Crippen LogP) is 3.36. The van der Waals surface area contributed by atoms with Gasteiger partial charge in [-0.1, -0.05) is 17.2 Å². The molecule has 1 fully saturated rings. The summed E-state index contributed by atoms with van der Waals surface area (Å²) in [4.78, 5) is 38.3. The predicted molar refractivity (Wildman–Crippen MR) is 134 cm³/mol. The molecule has 2 amide bonds. The van der Waals surface area contributed by atoms with Gasteiger partial charge in [0.05, 0.1) is 35.2 Å². The van der Waals surface area contributed by atoms with Crippen LogP contribution in [0.2, 0.25) is 0 Å². The Labute approximate surface area is 213 Å². The summed E-state index contributed by atoms with van der Waals surface area (Å²) < 4.78 is 5.47. The number of aliphatic hydroxyl groups excluding tert-OH is 3. The van der Waals surface area contributed by atoms with Gasteiger partial charge in [0.25, 0.3) is 5.69 Å². The lowest BCUT2D eigenvalue weighted by Gasteiger charge is -2.35. The highest BCUT2D eigenvalue weighted by molar-refractivity contribution is 6.22.